The van der Waals surface area contributed by atoms with E-state index in [0.29, 0.717) is 5.92 Å². The zero-order valence-electron chi connectivity index (χ0n) is 6.72. The first-order valence-corrected chi connectivity index (χ1v) is 5.10. The fourth-order valence-electron chi connectivity index (χ4n) is 1.07. The molecule has 0 fully saturated rings. The first kappa shape index (κ1) is 10.2. The number of benzene rings is 1. The Kier molecular flexibility index (Phi) is 3.76. The molecule has 1 unspecified atom stereocenters. The van der Waals surface area contributed by atoms with Gasteiger partial charge < -0.3 is 0 Å². The SMILES string of the molecule is CC(CS)c1c(Cl)cccc1Cl. The fraction of sp³-hybridized carbons (Fsp3) is 0.333. The highest BCUT2D eigenvalue weighted by Gasteiger charge is 2.11. The van der Waals surface area contributed by atoms with Gasteiger partial charge in [0, 0.05) is 10.0 Å². The summed E-state index contributed by atoms with van der Waals surface area (Å²) in [5.74, 6) is 1.05. The van der Waals surface area contributed by atoms with Gasteiger partial charge in [-0.15, -0.1) is 0 Å². The second-order valence-electron chi connectivity index (χ2n) is 2.72. The third-order valence-electron chi connectivity index (χ3n) is 1.77. The number of hydrogen-bond donors (Lipinski definition) is 1. The van der Waals surface area contributed by atoms with Gasteiger partial charge in [0.05, 0.1) is 0 Å². The summed E-state index contributed by atoms with van der Waals surface area (Å²) in [6.45, 7) is 2.06. The molecule has 3 heteroatoms. The lowest BCUT2D eigenvalue weighted by molar-refractivity contribution is 0.884. The Labute approximate surface area is 88.3 Å². The zero-order chi connectivity index (χ0) is 9.14. The Balaban J connectivity index is 3.12. The summed E-state index contributed by atoms with van der Waals surface area (Å²) in [5, 5.41) is 1.45. The first-order valence-electron chi connectivity index (χ1n) is 3.71. The summed E-state index contributed by atoms with van der Waals surface area (Å²) < 4.78 is 0. The summed E-state index contributed by atoms with van der Waals surface area (Å²) in [7, 11) is 0. The molecule has 0 radical (unpaired) electrons. The van der Waals surface area contributed by atoms with E-state index in [9.17, 15) is 0 Å². The predicted molar refractivity (Wildman–Crippen MR) is 58.7 cm³/mol. The maximum Gasteiger partial charge on any atom is 0.0455 e. The molecular weight excluding hydrogens is 211 g/mol. The molecule has 1 atom stereocenters. The average molecular weight is 221 g/mol. The second-order valence-corrected chi connectivity index (χ2v) is 3.90. The standard InChI is InChI=1S/C9H10Cl2S/c1-6(5-12)9-7(10)3-2-4-8(9)11/h2-4,6,12H,5H2,1H3. The minimum absolute atomic E-state index is 0.300. The number of rotatable bonds is 2. The highest BCUT2D eigenvalue weighted by Crippen LogP contribution is 2.31. The van der Waals surface area contributed by atoms with E-state index >= 15 is 0 Å². The molecule has 0 aliphatic rings. The lowest BCUT2D eigenvalue weighted by Gasteiger charge is -2.12. The molecule has 1 aromatic rings. The first-order chi connectivity index (χ1) is 5.66. The molecule has 0 heterocycles. The molecule has 0 saturated heterocycles. The van der Waals surface area contributed by atoms with Crippen LogP contribution in [0.2, 0.25) is 10.0 Å². The fourth-order valence-corrected chi connectivity index (χ4v) is 2.03. The molecule has 0 nitrogen and oxygen atoms in total. The quantitative estimate of drug-likeness (QED) is 0.716. The predicted octanol–water partition coefficient (Wildman–Crippen LogP) is 4.03. The lowest BCUT2D eigenvalue weighted by Crippen LogP contribution is -1.96. The normalized spacial score (nSPS) is 13.0. The van der Waals surface area contributed by atoms with Crippen LogP contribution in [0.4, 0.5) is 0 Å². The highest BCUT2D eigenvalue weighted by atomic mass is 35.5. The van der Waals surface area contributed by atoms with E-state index in [1.165, 1.54) is 0 Å². The van der Waals surface area contributed by atoms with Crippen molar-refractivity contribution in [3.63, 3.8) is 0 Å². The zero-order valence-corrected chi connectivity index (χ0v) is 9.13. The smallest absolute Gasteiger partial charge is 0.0455 e. The number of thiol groups is 1. The van der Waals surface area contributed by atoms with Crippen molar-refractivity contribution in [2.75, 3.05) is 5.75 Å². The van der Waals surface area contributed by atoms with E-state index in [-0.39, 0.29) is 0 Å². The van der Waals surface area contributed by atoms with Crippen LogP contribution in [0.25, 0.3) is 0 Å². The van der Waals surface area contributed by atoms with Gasteiger partial charge in [-0.2, -0.15) is 12.6 Å². The van der Waals surface area contributed by atoms with Gasteiger partial charge in [-0.3, -0.25) is 0 Å². The van der Waals surface area contributed by atoms with Crippen LogP contribution in [-0.4, -0.2) is 5.75 Å². The van der Waals surface area contributed by atoms with E-state index in [2.05, 4.69) is 19.6 Å². The maximum atomic E-state index is 5.98. The van der Waals surface area contributed by atoms with E-state index in [1.54, 1.807) is 0 Å². The van der Waals surface area contributed by atoms with Crippen LogP contribution in [0.3, 0.4) is 0 Å². The van der Waals surface area contributed by atoms with Crippen molar-refractivity contribution < 1.29 is 0 Å². The van der Waals surface area contributed by atoms with E-state index in [1.807, 2.05) is 18.2 Å². The van der Waals surface area contributed by atoms with Gasteiger partial charge in [-0.25, -0.2) is 0 Å². The van der Waals surface area contributed by atoms with Crippen LogP contribution in [0, 0.1) is 0 Å². The molecule has 0 aromatic heterocycles. The molecule has 66 valence electrons. The molecule has 0 bridgehead atoms. The van der Waals surface area contributed by atoms with E-state index < -0.39 is 0 Å². The van der Waals surface area contributed by atoms with Crippen LogP contribution in [0.1, 0.15) is 18.4 Å². The molecule has 0 amide bonds. The third kappa shape index (κ3) is 2.09. The molecule has 12 heavy (non-hydrogen) atoms. The lowest BCUT2D eigenvalue weighted by atomic mass is 10.0. The summed E-state index contributed by atoms with van der Waals surface area (Å²) in [4.78, 5) is 0. The van der Waals surface area contributed by atoms with Crippen LogP contribution < -0.4 is 0 Å². The molecule has 0 spiro atoms. The van der Waals surface area contributed by atoms with Gasteiger partial charge in [0.25, 0.3) is 0 Å². The van der Waals surface area contributed by atoms with Gasteiger partial charge in [0.15, 0.2) is 0 Å². The number of hydrogen-bond acceptors (Lipinski definition) is 1. The molecular formula is C9H10Cl2S. The van der Waals surface area contributed by atoms with Crippen LogP contribution in [-0.2, 0) is 0 Å². The van der Waals surface area contributed by atoms with Crippen molar-refractivity contribution in [3.8, 4) is 0 Å². The van der Waals surface area contributed by atoms with Gasteiger partial charge in [0.2, 0.25) is 0 Å². The summed E-state index contributed by atoms with van der Waals surface area (Å²) in [5.41, 5.74) is 0.996. The molecule has 0 saturated carbocycles. The van der Waals surface area contributed by atoms with Crippen LogP contribution in [0.15, 0.2) is 18.2 Å². The van der Waals surface area contributed by atoms with Gasteiger partial charge in [-0.05, 0) is 29.4 Å². The monoisotopic (exact) mass is 220 g/mol. The van der Waals surface area contributed by atoms with Gasteiger partial charge in [0.1, 0.15) is 0 Å². The van der Waals surface area contributed by atoms with Gasteiger partial charge >= 0.3 is 0 Å². The molecule has 0 aliphatic heterocycles. The van der Waals surface area contributed by atoms with Crippen LogP contribution in [0.5, 0.6) is 0 Å². The molecule has 1 aromatic carbocycles. The topological polar surface area (TPSA) is 0 Å². The van der Waals surface area contributed by atoms with Crippen molar-refractivity contribution in [1.29, 1.82) is 0 Å². The second kappa shape index (κ2) is 4.40. The highest BCUT2D eigenvalue weighted by molar-refractivity contribution is 7.80. The molecule has 1 rings (SSSR count). The maximum absolute atomic E-state index is 5.98. The van der Waals surface area contributed by atoms with Gasteiger partial charge in [-0.1, -0.05) is 36.2 Å². The van der Waals surface area contributed by atoms with Crippen molar-refractivity contribution in [3.05, 3.63) is 33.8 Å². The summed E-state index contributed by atoms with van der Waals surface area (Å²) >= 11 is 16.2. The van der Waals surface area contributed by atoms with Crippen LogP contribution >= 0.6 is 35.8 Å². The Morgan fingerprint density at radius 2 is 1.83 bits per heavy atom. The third-order valence-corrected chi connectivity index (χ3v) is 2.97. The molecule has 0 N–H and O–H groups in total. The summed E-state index contributed by atoms with van der Waals surface area (Å²) in [6.07, 6.45) is 0. The van der Waals surface area contributed by atoms with Crippen molar-refractivity contribution in [2.24, 2.45) is 0 Å². The Hall–Kier alpha value is 0.150. The largest absolute Gasteiger partial charge is 0.179 e. The minimum Gasteiger partial charge on any atom is -0.179 e. The molecule has 0 aliphatic carbocycles. The van der Waals surface area contributed by atoms with Crippen molar-refractivity contribution in [1.82, 2.24) is 0 Å². The average Bonchev–Trinajstić information content (AvgIpc) is 2.03. The van der Waals surface area contributed by atoms with Crippen molar-refractivity contribution in [2.45, 2.75) is 12.8 Å². The summed E-state index contributed by atoms with van der Waals surface area (Å²) in [6, 6.07) is 5.55. The van der Waals surface area contributed by atoms with E-state index in [4.69, 9.17) is 23.2 Å². The van der Waals surface area contributed by atoms with Crippen molar-refractivity contribution >= 4 is 35.8 Å². The number of halogens is 2. The van der Waals surface area contributed by atoms with E-state index in [0.717, 1.165) is 21.4 Å². The minimum atomic E-state index is 0.300. The Morgan fingerprint density at radius 1 is 1.33 bits per heavy atom. The Bertz CT molecular complexity index is 253. The Morgan fingerprint density at radius 3 is 2.25 bits per heavy atom.